The summed E-state index contributed by atoms with van der Waals surface area (Å²) in [5, 5.41) is 2.34. The molecule has 2 heteroatoms. The van der Waals surface area contributed by atoms with Crippen molar-refractivity contribution in [2.24, 2.45) is 0 Å². The highest BCUT2D eigenvalue weighted by atomic mass is 15.5. The van der Waals surface area contributed by atoms with Crippen molar-refractivity contribution in [1.82, 2.24) is 5.43 Å². The van der Waals surface area contributed by atoms with Gasteiger partial charge in [-0.25, -0.2) is 5.43 Å². The lowest BCUT2D eigenvalue weighted by Crippen LogP contribution is -2.32. The van der Waals surface area contributed by atoms with Crippen LogP contribution in [0.5, 0.6) is 0 Å². The van der Waals surface area contributed by atoms with Gasteiger partial charge in [0.1, 0.15) is 0 Å². The Bertz CT molecular complexity index is 340. The number of nitrogens with zero attached hydrogens (tertiary/aromatic N) is 1. The van der Waals surface area contributed by atoms with E-state index in [-0.39, 0.29) is 0 Å². The summed E-state index contributed by atoms with van der Waals surface area (Å²) in [5.41, 5.74) is 9.25. The Hall–Kier alpha value is -1.02. The summed E-state index contributed by atoms with van der Waals surface area (Å²) in [6.07, 6.45) is 3.48. The molecule has 0 amide bonds. The van der Waals surface area contributed by atoms with Crippen LogP contribution >= 0.6 is 0 Å². The fourth-order valence-corrected chi connectivity index (χ4v) is 2.54. The topological polar surface area (TPSA) is 15.3 Å². The summed E-state index contributed by atoms with van der Waals surface area (Å²) in [4.78, 5) is 0. The van der Waals surface area contributed by atoms with Crippen molar-refractivity contribution in [3.05, 3.63) is 28.8 Å². The van der Waals surface area contributed by atoms with Crippen molar-refractivity contribution in [2.45, 2.75) is 40.0 Å². The van der Waals surface area contributed by atoms with Gasteiger partial charge in [0.05, 0.1) is 5.69 Å². The van der Waals surface area contributed by atoms with Gasteiger partial charge in [-0.1, -0.05) is 31.5 Å². The number of hydrogen-bond donors (Lipinski definition) is 1. The van der Waals surface area contributed by atoms with Crippen molar-refractivity contribution in [3.8, 4) is 0 Å². The minimum atomic E-state index is 1.11. The molecule has 0 bridgehead atoms. The molecule has 1 aliphatic rings. The summed E-state index contributed by atoms with van der Waals surface area (Å²) < 4.78 is 0. The zero-order valence-corrected chi connectivity index (χ0v) is 10.6. The van der Waals surface area contributed by atoms with Crippen molar-refractivity contribution in [2.75, 3.05) is 18.1 Å². The summed E-state index contributed by atoms with van der Waals surface area (Å²) in [7, 11) is 0. The van der Waals surface area contributed by atoms with Gasteiger partial charge in [-0.2, -0.15) is 0 Å². The van der Waals surface area contributed by atoms with Gasteiger partial charge in [0.2, 0.25) is 0 Å². The van der Waals surface area contributed by atoms with Crippen LogP contribution in [0.3, 0.4) is 0 Å². The Morgan fingerprint density at radius 1 is 1.19 bits per heavy atom. The molecule has 1 saturated heterocycles. The van der Waals surface area contributed by atoms with Gasteiger partial charge in [-0.15, -0.1) is 0 Å². The molecule has 0 spiro atoms. The third-order valence-corrected chi connectivity index (χ3v) is 3.31. The average Bonchev–Trinajstić information content (AvgIpc) is 2.80. The van der Waals surface area contributed by atoms with Crippen molar-refractivity contribution >= 4 is 5.69 Å². The lowest BCUT2D eigenvalue weighted by Gasteiger charge is -2.25. The molecule has 0 radical (unpaired) electrons. The van der Waals surface area contributed by atoms with Crippen LogP contribution in [-0.2, 0) is 12.8 Å². The summed E-state index contributed by atoms with van der Waals surface area (Å²) in [6, 6.07) is 4.66. The van der Waals surface area contributed by atoms with E-state index in [2.05, 4.69) is 43.3 Å². The zero-order chi connectivity index (χ0) is 11.5. The third-order valence-electron chi connectivity index (χ3n) is 3.31. The molecular weight excluding hydrogens is 196 g/mol. The number of anilines is 1. The fourth-order valence-electron chi connectivity index (χ4n) is 2.54. The molecule has 0 saturated carbocycles. The molecular formula is C14H22N2. The molecule has 1 aliphatic heterocycles. The van der Waals surface area contributed by atoms with Crippen LogP contribution in [0.1, 0.15) is 37.0 Å². The fraction of sp³-hybridized carbons (Fsp3) is 0.571. The first-order valence-corrected chi connectivity index (χ1v) is 6.39. The Morgan fingerprint density at radius 3 is 2.25 bits per heavy atom. The lowest BCUT2D eigenvalue weighted by atomic mass is 9.99. The van der Waals surface area contributed by atoms with Crippen molar-refractivity contribution < 1.29 is 0 Å². The quantitative estimate of drug-likeness (QED) is 0.839. The Balaban J connectivity index is 2.46. The number of benzene rings is 1. The highest BCUT2D eigenvalue weighted by molar-refractivity contribution is 5.61. The van der Waals surface area contributed by atoms with Crippen LogP contribution < -0.4 is 10.4 Å². The molecule has 0 unspecified atom stereocenters. The monoisotopic (exact) mass is 218 g/mol. The van der Waals surface area contributed by atoms with E-state index >= 15 is 0 Å². The second-order valence-corrected chi connectivity index (χ2v) is 4.55. The molecule has 2 rings (SSSR count). The molecule has 0 aromatic heterocycles. The van der Waals surface area contributed by atoms with Crippen LogP contribution in [0.4, 0.5) is 5.69 Å². The van der Waals surface area contributed by atoms with E-state index in [1.807, 2.05) is 0 Å². The molecule has 1 heterocycles. The van der Waals surface area contributed by atoms with Crippen LogP contribution in [-0.4, -0.2) is 13.1 Å². The average molecular weight is 218 g/mol. The highest BCUT2D eigenvalue weighted by Crippen LogP contribution is 2.28. The minimum absolute atomic E-state index is 1.11. The van der Waals surface area contributed by atoms with Gasteiger partial charge in [0.25, 0.3) is 0 Å². The standard InChI is InChI=1S/C14H22N2/c1-4-12-9-11(3)10-13(5-2)14(12)16-8-6-7-15-16/h9-10,15H,4-8H2,1-3H3. The smallest absolute Gasteiger partial charge is 0.0583 e. The van der Waals surface area contributed by atoms with Gasteiger partial charge in [0.15, 0.2) is 0 Å². The first-order chi connectivity index (χ1) is 7.76. The molecule has 1 aromatic carbocycles. The number of rotatable bonds is 3. The molecule has 2 nitrogen and oxygen atoms in total. The number of hydrazine groups is 1. The molecule has 0 atom stereocenters. The highest BCUT2D eigenvalue weighted by Gasteiger charge is 2.18. The summed E-state index contributed by atoms with van der Waals surface area (Å²) >= 11 is 0. The molecule has 1 fully saturated rings. The molecule has 88 valence electrons. The predicted molar refractivity (Wildman–Crippen MR) is 69.9 cm³/mol. The molecule has 16 heavy (non-hydrogen) atoms. The third kappa shape index (κ3) is 2.07. The first kappa shape index (κ1) is 11.5. The minimum Gasteiger partial charge on any atom is -0.308 e. The maximum atomic E-state index is 3.48. The van der Waals surface area contributed by atoms with Gasteiger partial charge in [0, 0.05) is 13.1 Å². The number of aryl methyl sites for hydroxylation is 3. The van der Waals surface area contributed by atoms with Gasteiger partial charge in [-0.3, -0.25) is 0 Å². The number of hydrogen-bond acceptors (Lipinski definition) is 2. The Labute approximate surface area is 98.6 Å². The molecule has 0 aliphatic carbocycles. The largest absolute Gasteiger partial charge is 0.308 e. The molecule has 1 N–H and O–H groups in total. The van der Waals surface area contributed by atoms with Gasteiger partial charge in [-0.05, 0) is 37.3 Å². The van der Waals surface area contributed by atoms with Crippen LogP contribution in [0.15, 0.2) is 12.1 Å². The first-order valence-electron chi connectivity index (χ1n) is 6.39. The maximum absolute atomic E-state index is 3.48. The normalized spacial score (nSPS) is 15.8. The molecule has 1 aromatic rings. The summed E-state index contributed by atoms with van der Waals surface area (Å²) in [6.45, 7) is 8.93. The summed E-state index contributed by atoms with van der Waals surface area (Å²) in [5.74, 6) is 0. The van der Waals surface area contributed by atoms with Crippen LogP contribution in [0, 0.1) is 6.92 Å². The number of nitrogens with one attached hydrogen (secondary N) is 1. The van der Waals surface area contributed by atoms with E-state index in [0.29, 0.717) is 0 Å². The van der Waals surface area contributed by atoms with Gasteiger partial charge >= 0.3 is 0 Å². The van der Waals surface area contributed by atoms with E-state index in [1.165, 1.54) is 28.8 Å². The SMILES string of the molecule is CCc1cc(C)cc(CC)c1N1CCCN1. The lowest BCUT2D eigenvalue weighted by molar-refractivity contribution is 0.774. The van der Waals surface area contributed by atoms with E-state index in [4.69, 9.17) is 0 Å². The van der Waals surface area contributed by atoms with Crippen LogP contribution in [0.2, 0.25) is 0 Å². The second-order valence-electron chi connectivity index (χ2n) is 4.55. The van der Waals surface area contributed by atoms with E-state index in [1.54, 1.807) is 0 Å². The second kappa shape index (κ2) is 4.88. The van der Waals surface area contributed by atoms with E-state index in [9.17, 15) is 0 Å². The van der Waals surface area contributed by atoms with E-state index < -0.39 is 0 Å². The zero-order valence-electron chi connectivity index (χ0n) is 10.6. The Kier molecular flexibility index (Phi) is 3.49. The van der Waals surface area contributed by atoms with Crippen molar-refractivity contribution in [3.63, 3.8) is 0 Å². The van der Waals surface area contributed by atoms with Crippen molar-refractivity contribution in [1.29, 1.82) is 0 Å². The Morgan fingerprint density at radius 2 is 1.81 bits per heavy atom. The van der Waals surface area contributed by atoms with E-state index in [0.717, 1.165) is 25.9 Å². The van der Waals surface area contributed by atoms with Crippen LogP contribution in [0.25, 0.3) is 0 Å². The van der Waals surface area contributed by atoms with Gasteiger partial charge < -0.3 is 5.01 Å². The predicted octanol–water partition coefficient (Wildman–Crippen LogP) is 2.83. The maximum Gasteiger partial charge on any atom is 0.0583 e.